The molecule has 7 heteroatoms. The average molecular weight is 489 g/mol. The number of ether oxygens (including phenoxy) is 1. The first kappa shape index (κ1) is 23.4. The van der Waals surface area contributed by atoms with Gasteiger partial charge in [-0.25, -0.2) is 4.79 Å². The topological polar surface area (TPSA) is 63.1 Å². The summed E-state index contributed by atoms with van der Waals surface area (Å²) in [6.07, 6.45) is 12.5. The Labute approximate surface area is 210 Å². The lowest BCUT2D eigenvalue weighted by molar-refractivity contribution is -0.134. The molecule has 2 aromatic carbocycles. The average Bonchev–Trinajstić information content (AvgIpc) is 3.58. The van der Waals surface area contributed by atoms with Gasteiger partial charge in [0, 0.05) is 66.1 Å². The number of rotatable bonds is 8. The summed E-state index contributed by atoms with van der Waals surface area (Å²) in [5, 5.41) is 6.35. The summed E-state index contributed by atoms with van der Waals surface area (Å²) in [5.41, 5.74) is 7.32. The summed E-state index contributed by atoms with van der Waals surface area (Å²) < 4.78 is 6.57. The Hall–Kier alpha value is -3.35. The Balaban J connectivity index is 1.38. The number of H-pyrrole nitrogens is 1. The van der Waals surface area contributed by atoms with Gasteiger partial charge in [0.05, 0.1) is 13.3 Å². The lowest BCUT2D eigenvalue weighted by Crippen LogP contribution is -2.29. The van der Waals surface area contributed by atoms with Crippen LogP contribution in [0.3, 0.4) is 0 Å². The first-order chi connectivity index (χ1) is 17.0. The van der Waals surface area contributed by atoms with Crippen LogP contribution in [0.15, 0.2) is 61.1 Å². The molecule has 0 radical (unpaired) electrons. The standard InChI is InChI=1S/C28H29ClN4O2/c1-32-17-20(15-31-32)18-33(12-11-22-16-30-26-14-23(29)6-8-24(22)26)27-9-5-21-13-19(3-7-25(21)27)4-10-28(34)35-2/h3-4,6-8,10,13-17,27,30H,5,9,11-12,18H2,1-2H3. The first-order valence-electron chi connectivity index (χ1n) is 11.9. The molecular weight excluding hydrogens is 460 g/mol. The number of esters is 1. The Kier molecular flexibility index (Phi) is 6.75. The van der Waals surface area contributed by atoms with Crippen LogP contribution in [0, 0.1) is 0 Å². The number of aryl methyl sites for hydroxylation is 2. The number of nitrogens with zero attached hydrogens (tertiary/aromatic N) is 3. The fraction of sp³-hybridized carbons (Fsp3) is 0.286. The van der Waals surface area contributed by atoms with Crippen LogP contribution >= 0.6 is 11.6 Å². The fourth-order valence-electron chi connectivity index (χ4n) is 5.09. The molecule has 180 valence electrons. The summed E-state index contributed by atoms with van der Waals surface area (Å²) in [4.78, 5) is 17.4. The predicted molar refractivity (Wildman–Crippen MR) is 139 cm³/mol. The van der Waals surface area contributed by atoms with E-state index in [-0.39, 0.29) is 5.97 Å². The maximum atomic E-state index is 11.5. The van der Waals surface area contributed by atoms with Crippen LogP contribution < -0.4 is 0 Å². The third-order valence-corrected chi connectivity index (χ3v) is 7.04. The minimum absolute atomic E-state index is 0.337. The van der Waals surface area contributed by atoms with Crippen molar-refractivity contribution in [3.8, 4) is 0 Å². The summed E-state index contributed by atoms with van der Waals surface area (Å²) >= 11 is 6.17. The second-order valence-corrected chi connectivity index (χ2v) is 9.55. The molecule has 0 bridgehead atoms. The Morgan fingerprint density at radius 1 is 1.31 bits per heavy atom. The van der Waals surface area contributed by atoms with E-state index < -0.39 is 0 Å². The van der Waals surface area contributed by atoms with Crippen LogP contribution in [0.5, 0.6) is 0 Å². The molecule has 0 saturated carbocycles. The van der Waals surface area contributed by atoms with Crippen LogP contribution in [-0.4, -0.2) is 39.3 Å². The second kappa shape index (κ2) is 10.1. The van der Waals surface area contributed by atoms with Crippen LogP contribution in [0.4, 0.5) is 0 Å². The highest BCUT2D eigenvalue weighted by atomic mass is 35.5. The summed E-state index contributed by atoms with van der Waals surface area (Å²) in [6.45, 7) is 1.77. The van der Waals surface area contributed by atoms with Crippen molar-refractivity contribution in [3.63, 3.8) is 0 Å². The fourth-order valence-corrected chi connectivity index (χ4v) is 5.26. The smallest absolute Gasteiger partial charge is 0.330 e. The monoisotopic (exact) mass is 488 g/mol. The van der Waals surface area contributed by atoms with Crippen molar-refractivity contribution in [2.45, 2.75) is 31.8 Å². The van der Waals surface area contributed by atoms with E-state index in [0.29, 0.717) is 6.04 Å². The minimum Gasteiger partial charge on any atom is -0.466 e. The molecule has 0 amide bonds. The molecule has 0 fully saturated rings. The zero-order valence-electron chi connectivity index (χ0n) is 20.0. The van der Waals surface area contributed by atoms with Crippen molar-refractivity contribution in [3.05, 3.63) is 93.9 Å². The van der Waals surface area contributed by atoms with E-state index >= 15 is 0 Å². The molecular formula is C28H29ClN4O2. The number of halogens is 1. The molecule has 6 nitrogen and oxygen atoms in total. The highest BCUT2D eigenvalue weighted by Crippen LogP contribution is 2.37. The van der Waals surface area contributed by atoms with Crippen molar-refractivity contribution in [1.82, 2.24) is 19.7 Å². The number of aromatic amines is 1. The maximum absolute atomic E-state index is 11.5. The molecule has 1 N–H and O–H groups in total. The van der Waals surface area contributed by atoms with Crippen LogP contribution in [0.2, 0.25) is 5.02 Å². The summed E-state index contributed by atoms with van der Waals surface area (Å²) in [6, 6.07) is 12.9. The van der Waals surface area contributed by atoms with E-state index in [4.69, 9.17) is 16.3 Å². The molecule has 0 aliphatic heterocycles. The normalized spacial score (nSPS) is 15.4. The molecule has 5 rings (SSSR count). The minimum atomic E-state index is -0.342. The number of nitrogens with one attached hydrogen (secondary N) is 1. The lowest BCUT2D eigenvalue weighted by atomic mass is 10.0. The zero-order valence-corrected chi connectivity index (χ0v) is 20.8. The molecule has 1 aliphatic carbocycles. The van der Waals surface area contributed by atoms with Gasteiger partial charge in [-0.05, 0) is 59.7 Å². The lowest BCUT2D eigenvalue weighted by Gasteiger charge is -2.29. The Morgan fingerprint density at radius 2 is 2.20 bits per heavy atom. The van der Waals surface area contributed by atoms with Gasteiger partial charge in [0.1, 0.15) is 0 Å². The van der Waals surface area contributed by atoms with Gasteiger partial charge in [-0.2, -0.15) is 5.10 Å². The van der Waals surface area contributed by atoms with Crippen molar-refractivity contribution in [2.24, 2.45) is 7.05 Å². The number of carbonyl (C=O) groups is 1. The molecule has 1 aliphatic rings. The van der Waals surface area contributed by atoms with Crippen molar-refractivity contribution >= 4 is 34.5 Å². The van der Waals surface area contributed by atoms with Gasteiger partial charge in [0.25, 0.3) is 0 Å². The van der Waals surface area contributed by atoms with E-state index in [1.54, 1.807) is 0 Å². The van der Waals surface area contributed by atoms with Crippen molar-refractivity contribution in [1.29, 1.82) is 0 Å². The molecule has 2 heterocycles. The third kappa shape index (κ3) is 5.19. The summed E-state index contributed by atoms with van der Waals surface area (Å²) in [7, 11) is 3.35. The highest BCUT2D eigenvalue weighted by molar-refractivity contribution is 6.31. The van der Waals surface area contributed by atoms with Crippen molar-refractivity contribution in [2.75, 3.05) is 13.7 Å². The van der Waals surface area contributed by atoms with E-state index in [1.807, 2.05) is 36.1 Å². The number of hydrogen-bond donors (Lipinski definition) is 1. The van der Waals surface area contributed by atoms with E-state index in [2.05, 4.69) is 51.6 Å². The van der Waals surface area contributed by atoms with Crippen LogP contribution in [0.1, 0.15) is 40.3 Å². The Morgan fingerprint density at radius 3 is 3.00 bits per heavy atom. The molecule has 1 atom stereocenters. The number of aromatic nitrogens is 3. The van der Waals surface area contributed by atoms with Gasteiger partial charge in [0.15, 0.2) is 0 Å². The maximum Gasteiger partial charge on any atom is 0.330 e. The Bertz CT molecular complexity index is 1390. The summed E-state index contributed by atoms with van der Waals surface area (Å²) in [5.74, 6) is -0.342. The number of carbonyl (C=O) groups excluding carboxylic acids is 1. The van der Waals surface area contributed by atoms with E-state index in [9.17, 15) is 4.79 Å². The SMILES string of the molecule is COC(=O)C=Cc1ccc2c(c1)CCC2N(CCc1c[nH]c2cc(Cl)ccc12)Cc1cnn(C)c1. The van der Waals surface area contributed by atoms with Gasteiger partial charge in [-0.1, -0.05) is 35.9 Å². The number of benzene rings is 2. The van der Waals surface area contributed by atoms with Gasteiger partial charge in [0.2, 0.25) is 0 Å². The molecule has 0 spiro atoms. The van der Waals surface area contributed by atoms with Crippen molar-refractivity contribution < 1.29 is 9.53 Å². The molecule has 4 aromatic rings. The van der Waals surface area contributed by atoms with E-state index in [1.165, 1.54) is 40.8 Å². The zero-order chi connectivity index (χ0) is 24.4. The van der Waals surface area contributed by atoms with Crippen LogP contribution in [-0.2, 0) is 36.0 Å². The number of fused-ring (bicyclic) bond motifs is 2. The van der Waals surface area contributed by atoms with Gasteiger partial charge < -0.3 is 9.72 Å². The van der Waals surface area contributed by atoms with Gasteiger partial charge >= 0.3 is 5.97 Å². The highest BCUT2D eigenvalue weighted by Gasteiger charge is 2.28. The van der Waals surface area contributed by atoms with Crippen LogP contribution in [0.25, 0.3) is 17.0 Å². The largest absolute Gasteiger partial charge is 0.466 e. The van der Waals surface area contributed by atoms with Gasteiger partial charge in [-0.15, -0.1) is 0 Å². The molecule has 2 aromatic heterocycles. The predicted octanol–water partition coefficient (Wildman–Crippen LogP) is 5.47. The quantitative estimate of drug-likeness (QED) is 0.264. The van der Waals surface area contributed by atoms with Gasteiger partial charge in [-0.3, -0.25) is 9.58 Å². The van der Waals surface area contributed by atoms with E-state index in [0.717, 1.165) is 48.5 Å². The first-order valence-corrected chi connectivity index (χ1v) is 12.2. The third-order valence-electron chi connectivity index (χ3n) is 6.81. The molecule has 1 unspecified atom stereocenters. The number of methoxy groups -OCH3 is 1. The molecule has 0 saturated heterocycles. The number of hydrogen-bond acceptors (Lipinski definition) is 4. The molecule has 35 heavy (non-hydrogen) atoms. The second-order valence-electron chi connectivity index (χ2n) is 9.12.